The van der Waals surface area contributed by atoms with Gasteiger partial charge in [0.2, 0.25) is 0 Å². The van der Waals surface area contributed by atoms with Crippen LogP contribution < -0.4 is 5.73 Å². The minimum atomic E-state index is -2.76. The van der Waals surface area contributed by atoms with Crippen molar-refractivity contribution in [2.45, 2.75) is 50.0 Å². The van der Waals surface area contributed by atoms with E-state index in [1.165, 1.54) is 19.0 Å². The quantitative estimate of drug-likeness (QED) is 0.250. The number of carbonyl (C=O) groups excluding carboxylic acids is 3. The van der Waals surface area contributed by atoms with Gasteiger partial charge in [-0.1, -0.05) is 13.3 Å². The van der Waals surface area contributed by atoms with E-state index in [9.17, 15) is 39.9 Å². The lowest BCUT2D eigenvalue weighted by molar-refractivity contribution is -0.164. The van der Waals surface area contributed by atoms with Gasteiger partial charge in [-0.25, -0.2) is 0 Å². The molecule has 1 amide bonds. The molecule has 0 saturated heterocycles. The summed E-state index contributed by atoms with van der Waals surface area (Å²) in [5.41, 5.74) is 1.37. The van der Waals surface area contributed by atoms with Crippen molar-refractivity contribution in [3.05, 3.63) is 22.7 Å². The topological polar surface area (TPSA) is 213 Å². The first-order valence-electron chi connectivity index (χ1n) is 10.9. The van der Waals surface area contributed by atoms with Crippen LogP contribution in [0.25, 0.3) is 0 Å². The van der Waals surface area contributed by atoms with Gasteiger partial charge in [-0.05, 0) is 38.8 Å². The molecule has 0 aliphatic heterocycles. The van der Waals surface area contributed by atoms with Gasteiger partial charge < -0.3 is 36.7 Å². The van der Waals surface area contributed by atoms with Gasteiger partial charge in [0, 0.05) is 11.5 Å². The summed E-state index contributed by atoms with van der Waals surface area (Å²) in [6, 6.07) is -1.30. The van der Waals surface area contributed by atoms with Gasteiger partial charge in [0.05, 0.1) is 30.1 Å². The Morgan fingerprint density at radius 1 is 1.06 bits per heavy atom. The summed E-state index contributed by atoms with van der Waals surface area (Å²) < 4.78 is 0. The van der Waals surface area contributed by atoms with Gasteiger partial charge in [-0.2, -0.15) is 0 Å². The SMILES string of the molecule is CC1C2CCCC(O)C2C(=O)C2=C(O)C3(O)C(O)=C(C(N)=O)C(=O)C(N(C)C)C3C(O)C21.O. The minimum absolute atomic E-state index is 0. The molecular formula is C22H32N2O9. The third kappa shape index (κ3) is 3.10. The zero-order valence-electron chi connectivity index (χ0n) is 18.7. The number of rotatable bonds is 2. The second-order valence-corrected chi connectivity index (χ2v) is 9.84. The highest BCUT2D eigenvalue weighted by Crippen LogP contribution is 2.57. The van der Waals surface area contributed by atoms with Crippen molar-refractivity contribution < 1.29 is 45.4 Å². The van der Waals surface area contributed by atoms with E-state index in [2.05, 4.69) is 0 Å². The molecular weight excluding hydrogens is 436 g/mol. The zero-order valence-corrected chi connectivity index (χ0v) is 18.7. The summed E-state index contributed by atoms with van der Waals surface area (Å²) >= 11 is 0. The van der Waals surface area contributed by atoms with E-state index >= 15 is 0 Å². The third-order valence-electron chi connectivity index (χ3n) is 8.15. The molecule has 4 aliphatic carbocycles. The highest BCUT2D eigenvalue weighted by atomic mass is 16.4. The molecule has 0 heterocycles. The lowest BCUT2D eigenvalue weighted by atomic mass is 9.51. The van der Waals surface area contributed by atoms with Crippen LogP contribution in [-0.2, 0) is 14.4 Å². The molecule has 0 aromatic heterocycles. The second kappa shape index (κ2) is 8.17. The fraction of sp³-hybridized carbons (Fsp3) is 0.682. The fourth-order valence-corrected chi connectivity index (χ4v) is 6.73. The van der Waals surface area contributed by atoms with Crippen LogP contribution in [-0.4, -0.2) is 91.3 Å². The van der Waals surface area contributed by atoms with Crippen LogP contribution in [0.2, 0.25) is 0 Å². The van der Waals surface area contributed by atoms with E-state index in [4.69, 9.17) is 5.73 Å². The summed E-state index contributed by atoms with van der Waals surface area (Å²) in [6.07, 6.45) is -0.638. The van der Waals surface area contributed by atoms with E-state index in [0.717, 1.165) is 0 Å². The molecule has 9 unspecified atom stereocenters. The summed E-state index contributed by atoms with van der Waals surface area (Å²) in [5.74, 6) is -8.63. The molecule has 0 aromatic carbocycles. The monoisotopic (exact) mass is 468 g/mol. The number of primary amides is 1. The first-order valence-corrected chi connectivity index (χ1v) is 10.9. The molecule has 9 atom stereocenters. The molecule has 2 fully saturated rings. The van der Waals surface area contributed by atoms with Gasteiger partial charge in [0.25, 0.3) is 5.91 Å². The van der Waals surface area contributed by atoms with E-state index < -0.39 is 76.2 Å². The smallest absolute Gasteiger partial charge is 0.255 e. The Morgan fingerprint density at radius 2 is 1.67 bits per heavy atom. The van der Waals surface area contributed by atoms with Crippen molar-refractivity contribution >= 4 is 17.5 Å². The van der Waals surface area contributed by atoms with Gasteiger partial charge in [-0.15, -0.1) is 0 Å². The maximum Gasteiger partial charge on any atom is 0.255 e. The second-order valence-electron chi connectivity index (χ2n) is 9.84. The van der Waals surface area contributed by atoms with Gasteiger partial charge in [-0.3, -0.25) is 19.3 Å². The number of hydrogen-bond donors (Lipinski definition) is 6. The van der Waals surface area contributed by atoms with Crippen molar-refractivity contribution in [2.75, 3.05) is 14.1 Å². The highest BCUT2D eigenvalue weighted by molar-refractivity contribution is 6.22. The van der Waals surface area contributed by atoms with Gasteiger partial charge in [0.1, 0.15) is 17.1 Å². The van der Waals surface area contributed by atoms with E-state index in [-0.39, 0.29) is 22.9 Å². The number of aliphatic hydroxyl groups is 5. The predicted octanol–water partition coefficient (Wildman–Crippen LogP) is -1.88. The number of aliphatic hydroxyl groups excluding tert-OH is 4. The molecule has 11 nitrogen and oxygen atoms in total. The molecule has 184 valence electrons. The average Bonchev–Trinajstić information content (AvgIpc) is 2.70. The summed E-state index contributed by atoms with van der Waals surface area (Å²) in [4.78, 5) is 39.9. The van der Waals surface area contributed by atoms with Crippen LogP contribution in [0.4, 0.5) is 0 Å². The van der Waals surface area contributed by atoms with Crippen molar-refractivity contribution in [2.24, 2.45) is 35.3 Å². The summed E-state index contributed by atoms with van der Waals surface area (Å²) in [5, 5.41) is 55.6. The van der Waals surface area contributed by atoms with Crippen LogP contribution in [0.3, 0.4) is 0 Å². The number of amides is 1. The number of likely N-dealkylation sites (N-methyl/N-ethyl adjacent to an activating group) is 1. The number of carbonyl (C=O) groups is 3. The summed E-state index contributed by atoms with van der Waals surface area (Å²) in [7, 11) is 2.99. The van der Waals surface area contributed by atoms with Crippen LogP contribution in [0.1, 0.15) is 26.2 Å². The molecule has 4 aliphatic rings. The lowest BCUT2D eigenvalue weighted by Crippen LogP contribution is -2.69. The Morgan fingerprint density at radius 3 is 2.21 bits per heavy atom. The predicted molar refractivity (Wildman–Crippen MR) is 114 cm³/mol. The van der Waals surface area contributed by atoms with Crippen LogP contribution in [0.15, 0.2) is 22.7 Å². The molecule has 0 spiro atoms. The number of Topliss-reactive ketones (excluding diaryl/α,β-unsaturated/α-hetero) is 2. The number of nitrogens with zero attached hydrogens (tertiary/aromatic N) is 1. The normalized spacial score (nSPS) is 43.0. The summed E-state index contributed by atoms with van der Waals surface area (Å²) in [6.45, 7) is 1.81. The number of fused-ring (bicyclic) bond motifs is 3. The van der Waals surface area contributed by atoms with E-state index in [1.807, 2.05) is 6.92 Å². The lowest BCUT2D eigenvalue weighted by Gasteiger charge is -2.56. The minimum Gasteiger partial charge on any atom is -0.508 e. The Labute approximate surface area is 190 Å². The van der Waals surface area contributed by atoms with Crippen molar-refractivity contribution in [1.29, 1.82) is 0 Å². The maximum absolute atomic E-state index is 13.5. The maximum atomic E-state index is 13.5. The molecule has 11 heteroatoms. The molecule has 2 saturated carbocycles. The Kier molecular flexibility index (Phi) is 6.27. The standard InChI is InChI=1S/C22H30N2O8.H2O/c1-7-8-5-4-6-9(25)11(8)16(26)12-10(7)17(27)14-15(24(2)3)18(28)13(21(23)31)20(30)22(14,32)19(12)29;/h7-11,14-15,17,25,27,29-30,32H,4-6H2,1-3H3,(H2,23,31);1H2. The van der Waals surface area contributed by atoms with Crippen LogP contribution in [0, 0.1) is 29.6 Å². The molecule has 4 rings (SSSR count). The highest BCUT2D eigenvalue weighted by Gasteiger charge is 2.67. The molecule has 9 N–H and O–H groups in total. The first-order chi connectivity index (χ1) is 14.9. The Bertz CT molecular complexity index is 958. The van der Waals surface area contributed by atoms with E-state index in [1.54, 1.807) is 0 Å². The fourth-order valence-electron chi connectivity index (χ4n) is 6.73. The molecule has 0 bridgehead atoms. The molecule has 33 heavy (non-hydrogen) atoms. The third-order valence-corrected chi connectivity index (χ3v) is 8.15. The van der Waals surface area contributed by atoms with Crippen molar-refractivity contribution in [1.82, 2.24) is 4.90 Å². The Hall–Kier alpha value is -2.31. The van der Waals surface area contributed by atoms with Gasteiger partial charge >= 0.3 is 0 Å². The largest absolute Gasteiger partial charge is 0.508 e. The van der Waals surface area contributed by atoms with Crippen LogP contribution in [0.5, 0.6) is 0 Å². The van der Waals surface area contributed by atoms with E-state index in [0.29, 0.717) is 19.3 Å². The molecule has 0 radical (unpaired) electrons. The van der Waals surface area contributed by atoms with Crippen molar-refractivity contribution in [3.8, 4) is 0 Å². The van der Waals surface area contributed by atoms with Crippen molar-refractivity contribution in [3.63, 3.8) is 0 Å². The van der Waals surface area contributed by atoms with Gasteiger partial charge in [0.15, 0.2) is 17.2 Å². The first kappa shape index (κ1) is 25.3. The number of ketones is 2. The number of hydrogen-bond acceptors (Lipinski definition) is 9. The van der Waals surface area contributed by atoms with Crippen LogP contribution >= 0.6 is 0 Å². The Balaban J connectivity index is 0.00000306. The average molecular weight is 469 g/mol. The zero-order chi connectivity index (χ0) is 23.9. The number of nitrogens with two attached hydrogens (primary N) is 1. The molecule has 0 aromatic rings.